The van der Waals surface area contributed by atoms with Crippen LogP contribution in [0.2, 0.25) is 0 Å². The van der Waals surface area contributed by atoms with E-state index in [2.05, 4.69) is 4.18 Å². The Morgan fingerprint density at radius 1 is 1.18 bits per heavy atom. The third-order valence-corrected chi connectivity index (χ3v) is 5.30. The zero-order valence-electron chi connectivity index (χ0n) is 15.0. The lowest BCUT2D eigenvalue weighted by molar-refractivity contribution is -0.0562. The predicted octanol–water partition coefficient (Wildman–Crippen LogP) is 4.13. The van der Waals surface area contributed by atoms with Gasteiger partial charge in [-0.3, -0.25) is 4.18 Å². The van der Waals surface area contributed by atoms with E-state index >= 15 is 0 Å². The van der Waals surface area contributed by atoms with Gasteiger partial charge >= 0.3 is 15.6 Å². The molecule has 152 valence electrons. The van der Waals surface area contributed by atoms with Gasteiger partial charge in [-0.25, -0.2) is 0 Å². The standard InChI is InChI=1S/C19H19F3O5S/c1-13-9-17(25-11-14-5-3-2-4-6-14)10-15-7-8-16(27-18(13)15)12-26-28(23,24)19(20,21)22/h2-6,9-10,16H,7-8,11-12H2,1H3. The molecule has 1 aliphatic heterocycles. The van der Waals surface area contributed by atoms with Crippen LogP contribution < -0.4 is 9.47 Å². The van der Waals surface area contributed by atoms with Crippen LogP contribution in [0.5, 0.6) is 11.5 Å². The van der Waals surface area contributed by atoms with Gasteiger partial charge in [0.05, 0.1) is 0 Å². The number of halogens is 3. The van der Waals surface area contributed by atoms with Gasteiger partial charge in [-0.15, -0.1) is 0 Å². The molecule has 0 aromatic heterocycles. The lowest BCUT2D eigenvalue weighted by Gasteiger charge is -2.27. The minimum absolute atomic E-state index is 0.335. The van der Waals surface area contributed by atoms with Gasteiger partial charge in [0.25, 0.3) is 0 Å². The lowest BCUT2D eigenvalue weighted by Crippen LogP contribution is -2.33. The van der Waals surface area contributed by atoms with E-state index < -0.39 is 28.3 Å². The van der Waals surface area contributed by atoms with Crippen molar-refractivity contribution in [3.8, 4) is 11.5 Å². The highest BCUT2D eigenvalue weighted by atomic mass is 32.2. The molecule has 28 heavy (non-hydrogen) atoms. The molecule has 0 radical (unpaired) electrons. The van der Waals surface area contributed by atoms with Crippen molar-refractivity contribution in [2.75, 3.05) is 6.61 Å². The summed E-state index contributed by atoms with van der Waals surface area (Å²) in [6.45, 7) is 1.52. The maximum absolute atomic E-state index is 12.4. The first-order valence-electron chi connectivity index (χ1n) is 8.58. The normalized spacial score (nSPS) is 16.9. The summed E-state index contributed by atoms with van der Waals surface area (Å²) in [6.07, 6.45) is 0.0697. The van der Waals surface area contributed by atoms with Crippen molar-refractivity contribution >= 4 is 10.1 Å². The van der Waals surface area contributed by atoms with E-state index in [0.29, 0.717) is 30.9 Å². The summed E-state index contributed by atoms with van der Waals surface area (Å²) in [5.74, 6) is 1.19. The fraction of sp³-hybridized carbons (Fsp3) is 0.368. The van der Waals surface area contributed by atoms with Crippen molar-refractivity contribution in [3.63, 3.8) is 0 Å². The summed E-state index contributed by atoms with van der Waals surface area (Å²) >= 11 is 0. The average Bonchev–Trinajstić information content (AvgIpc) is 2.65. The van der Waals surface area contributed by atoms with E-state index in [1.807, 2.05) is 36.4 Å². The van der Waals surface area contributed by atoms with Gasteiger partial charge < -0.3 is 9.47 Å². The number of benzene rings is 2. The van der Waals surface area contributed by atoms with Crippen LogP contribution in [0.3, 0.4) is 0 Å². The molecule has 0 N–H and O–H groups in total. The first-order valence-corrected chi connectivity index (χ1v) is 9.99. The summed E-state index contributed by atoms with van der Waals surface area (Å²) < 4.78 is 74.7. The van der Waals surface area contributed by atoms with E-state index in [1.54, 1.807) is 13.0 Å². The minimum Gasteiger partial charge on any atom is -0.489 e. The van der Waals surface area contributed by atoms with Gasteiger partial charge in [0, 0.05) is 0 Å². The molecule has 1 heterocycles. The van der Waals surface area contributed by atoms with Gasteiger partial charge in [-0.2, -0.15) is 21.6 Å². The predicted molar refractivity (Wildman–Crippen MR) is 95.6 cm³/mol. The molecule has 3 rings (SSSR count). The molecule has 0 amide bonds. The summed E-state index contributed by atoms with van der Waals surface area (Å²) in [5.41, 5.74) is -2.81. The lowest BCUT2D eigenvalue weighted by atomic mass is 9.99. The van der Waals surface area contributed by atoms with Crippen LogP contribution in [-0.4, -0.2) is 26.6 Å². The largest absolute Gasteiger partial charge is 0.523 e. The molecule has 0 spiro atoms. The number of fused-ring (bicyclic) bond motifs is 1. The van der Waals surface area contributed by atoms with Gasteiger partial charge in [0.15, 0.2) is 0 Å². The van der Waals surface area contributed by atoms with Crippen LogP contribution in [0.15, 0.2) is 42.5 Å². The second-order valence-corrected chi connectivity index (χ2v) is 8.07. The zero-order valence-corrected chi connectivity index (χ0v) is 15.8. The fourth-order valence-corrected chi connectivity index (χ4v) is 3.35. The molecule has 9 heteroatoms. The highest BCUT2D eigenvalue weighted by Gasteiger charge is 2.47. The van der Waals surface area contributed by atoms with Crippen molar-refractivity contribution in [1.29, 1.82) is 0 Å². The van der Waals surface area contributed by atoms with Crippen LogP contribution in [0.4, 0.5) is 13.2 Å². The fourth-order valence-electron chi connectivity index (χ4n) is 2.88. The Morgan fingerprint density at radius 2 is 1.89 bits per heavy atom. The molecule has 0 saturated carbocycles. The van der Waals surface area contributed by atoms with Gasteiger partial charge in [0.1, 0.15) is 30.8 Å². The highest BCUT2D eigenvalue weighted by molar-refractivity contribution is 7.87. The van der Waals surface area contributed by atoms with Gasteiger partial charge in [0.2, 0.25) is 0 Å². The Bertz CT molecular complexity index is 927. The van der Waals surface area contributed by atoms with Crippen LogP contribution in [0.1, 0.15) is 23.1 Å². The monoisotopic (exact) mass is 416 g/mol. The Hall–Kier alpha value is -2.26. The highest BCUT2D eigenvalue weighted by Crippen LogP contribution is 2.35. The topological polar surface area (TPSA) is 61.8 Å². The summed E-state index contributed by atoms with van der Waals surface area (Å²) in [5, 5.41) is 0. The van der Waals surface area contributed by atoms with Crippen LogP contribution in [0, 0.1) is 6.92 Å². The van der Waals surface area contributed by atoms with Crippen LogP contribution in [0.25, 0.3) is 0 Å². The number of alkyl halides is 3. The molecule has 0 fully saturated rings. The molecule has 0 aliphatic carbocycles. The quantitative estimate of drug-likeness (QED) is 0.523. The molecule has 1 unspecified atom stereocenters. The molecule has 1 aliphatic rings. The third-order valence-electron chi connectivity index (χ3n) is 4.29. The van der Waals surface area contributed by atoms with E-state index in [9.17, 15) is 21.6 Å². The van der Waals surface area contributed by atoms with Crippen LogP contribution in [-0.2, 0) is 27.3 Å². The second-order valence-electron chi connectivity index (χ2n) is 6.47. The second kappa shape index (κ2) is 8.00. The van der Waals surface area contributed by atoms with Gasteiger partial charge in [-0.05, 0) is 48.6 Å². The SMILES string of the molecule is Cc1cc(OCc2ccccc2)cc2c1OC(COS(=O)(=O)C(F)(F)F)CC2. The molecule has 0 bridgehead atoms. The summed E-state index contributed by atoms with van der Waals surface area (Å²) in [6, 6.07) is 13.3. The Morgan fingerprint density at radius 3 is 2.57 bits per heavy atom. The molecular formula is C19H19F3O5S. The van der Waals surface area contributed by atoms with Crippen molar-refractivity contribution < 1.29 is 35.2 Å². The Labute approximate surface area is 161 Å². The van der Waals surface area contributed by atoms with Crippen molar-refractivity contribution in [3.05, 3.63) is 59.2 Å². The third kappa shape index (κ3) is 4.77. The average molecular weight is 416 g/mol. The van der Waals surface area contributed by atoms with Crippen LogP contribution >= 0.6 is 0 Å². The Balaban J connectivity index is 1.64. The van der Waals surface area contributed by atoms with Gasteiger partial charge in [-0.1, -0.05) is 30.3 Å². The zero-order chi connectivity index (χ0) is 20.4. The van der Waals surface area contributed by atoms with E-state index in [0.717, 1.165) is 16.7 Å². The molecule has 2 aromatic rings. The maximum atomic E-state index is 12.4. The maximum Gasteiger partial charge on any atom is 0.523 e. The number of aryl methyl sites for hydroxylation is 2. The molecule has 5 nitrogen and oxygen atoms in total. The number of hydrogen-bond acceptors (Lipinski definition) is 5. The van der Waals surface area contributed by atoms with Crippen molar-refractivity contribution in [1.82, 2.24) is 0 Å². The van der Waals surface area contributed by atoms with Crippen molar-refractivity contribution in [2.45, 2.75) is 38.0 Å². The number of hydrogen-bond donors (Lipinski definition) is 0. The first-order chi connectivity index (χ1) is 13.2. The van der Waals surface area contributed by atoms with E-state index in [-0.39, 0.29) is 0 Å². The molecule has 2 aromatic carbocycles. The van der Waals surface area contributed by atoms with E-state index in [4.69, 9.17) is 9.47 Å². The minimum atomic E-state index is -5.63. The van der Waals surface area contributed by atoms with Crippen molar-refractivity contribution in [2.24, 2.45) is 0 Å². The molecular weight excluding hydrogens is 397 g/mol. The first kappa shape index (κ1) is 20.5. The Kier molecular flexibility index (Phi) is 5.85. The smallest absolute Gasteiger partial charge is 0.489 e. The molecule has 1 atom stereocenters. The number of rotatable bonds is 6. The number of ether oxygens (including phenoxy) is 2. The molecule has 0 saturated heterocycles. The van der Waals surface area contributed by atoms with E-state index in [1.165, 1.54) is 0 Å². The summed E-state index contributed by atoms with van der Waals surface area (Å²) in [4.78, 5) is 0. The summed E-state index contributed by atoms with van der Waals surface area (Å²) in [7, 11) is -5.63.